The van der Waals surface area contributed by atoms with Gasteiger partial charge in [-0.1, -0.05) is 12.1 Å². The van der Waals surface area contributed by atoms with Crippen molar-refractivity contribution in [2.45, 2.75) is 150 Å². The molecule has 0 amide bonds. The third-order valence-electron chi connectivity index (χ3n) is 17.4. The van der Waals surface area contributed by atoms with E-state index in [0.29, 0.717) is 73.5 Å². The van der Waals surface area contributed by atoms with E-state index in [4.69, 9.17) is 18.9 Å². The van der Waals surface area contributed by atoms with Crippen molar-refractivity contribution in [3.63, 3.8) is 0 Å². The molecular formula is C53H58N2O10S2. The third-order valence-corrected chi connectivity index (χ3v) is 19.8. The lowest BCUT2D eigenvalue weighted by molar-refractivity contribution is -0.188. The fraction of sp³-hybridized carbons (Fsp3) is 0.585. The lowest BCUT2D eigenvalue weighted by Crippen LogP contribution is -2.76. The van der Waals surface area contributed by atoms with Gasteiger partial charge in [-0.15, -0.1) is 22.7 Å². The minimum Gasteiger partial charge on any atom is -0.477 e. The highest BCUT2D eigenvalue weighted by atomic mass is 32.1. The molecule has 13 rings (SSSR count). The number of aryl methyl sites for hydroxylation is 2. The predicted octanol–water partition coefficient (Wildman–Crippen LogP) is 6.94. The SMILES string of the molecule is O=C(CCc1cc2sc(CCC(=O)Oc3ccc4c5c3O[C@H]3C(=O)CC[C@@]6(O)[C@@H](C4)N(CC4CC4)CC[C@]536)cc2s1)Oc1ccc2c3c1O[C@@H](C(=O)CCCO)[C@]31CCN(CC3CC3)[C@H](C2)C1. The molecule has 3 saturated carbocycles. The van der Waals surface area contributed by atoms with Crippen molar-refractivity contribution in [3.8, 4) is 23.0 Å². The molecule has 2 N–H and O–H groups in total. The molecule has 7 atom stereocenters. The second-order valence-corrected chi connectivity index (χ2v) is 23.8. The van der Waals surface area contributed by atoms with E-state index in [1.54, 1.807) is 22.7 Å². The summed E-state index contributed by atoms with van der Waals surface area (Å²) >= 11 is 3.28. The highest BCUT2D eigenvalue weighted by molar-refractivity contribution is 7.27. The van der Waals surface area contributed by atoms with Gasteiger partial charge >= 0.3 is 11.9 Å². The Bertz CT molecular complexity index is 2710. The largest absolute Gasteiger partial charge is 0.477 e. The molecule has 4 bridgehead atoms. The summed E-state index contributed by atoms with van der Waals surface area (Å²) in [6.45, 7) is 3.82. The molecule has 352 valence electrons. The number of ether oxygens (including phenoxy) is 4. The zero-order valence-electron chi connectivity index (χ0n) is 37.9. The topological polar surface area (TPSA) is 152 Å². The van der Waals surface area contributed by atoms with Crippen LogP contribution in [0, 0.1) is 11.8 Å². The molecule has 5 aliphatic carbocycles. The van der Waals surface area contributed by atoms with Gasteiger partial charge in [0.25, 0.3) is 0 Å². The molecule has 0 unspecified atom stereocenters. The van der Waals surface area contributed by atoms with Gasteiger partial charge in [0.05, 0.1) is 23.9 Å². The van der Waals surface area contributed by atoms with E-state index >= 15 is 0 Å². The van der Waals surface area contributed by atoms with Crippen molar-refractivity contribution in [1.29, 1.82) is 0 Å². The van der Waals surface area contributed by atoms with Gasteiger partial charge in [0.2, 0.25) is 0 Å². The Balaban J connectivity index is 0.652. The van der Waals surface area contributed by atoms with E-state index in [2.05, 4.69) is 28.0 Å². The number of nitrogens with zero attached hydrogens (tertiary/aromatic N) is 2. The van der Waals surface area contributed by atoms with Crippen LogP contribution in [0.3, 0.4) is 0 Å². The van der Waals surface area contributed by atoms with Crippen LogP contribution in [-0.4, -0.2) is 106 Å². The molecule has 9 aliphatic rings. The van der Waals surface area contributed by atoms with Crippen molar-refractivity contribution in [2.24, 2.45) is 11.8 Å². The molecule has 2 spiro atoms. The Morgan fingerprint density at radius 2 is 1.39 bits per heavy atom. The number of likely N-dealkylation sites (tertiary alicyclic amines) is 2. The van der Waals surface area contributed by atoms with Crippen LogP contribution in [0.4, 0.5) is 0 Å². The Kier molecular flexibility index (Phi) is 10.2. The van der Waals surface area contributed by atoms with Crippen LogP contribution >= 0.6 is 22.7 Å². The standard InChI is InChI=1S/C53H58N2O10S2/c56-21-1-2-36(57)49-51-17-19-54(27-29-3-4-29)33(26-51)22-31-7-11-38(47(64-49)45(31)51)62-43(59)13-9-34-24-40-41(66-34)25-35(67-40)10-14-44(60)63-39-12-8-32-23-42-53(61)16-15-37(58)50-52(53,46(32)48(39)65-50)18-20-55(42)28-30-5-6-30/h7-8,11-12,24-25,29-30,33,42,49-50,56,61H,1-6,9-10,13-23,26-28H2/t33-,42-,49+,50+,51+,52+,53-/m1/s1. The molecule has 12 nitrogen and oxygen atoms in total. The number of aliphatic hydroxyl groups is 2. The highest BCUT2D eigenvalue weighted by Crippen LogP contribution is 2.65. The number of rotatable bonds is 16. The molecule has 0 radical (unpaired) electrons. The molecule has 14 heteroatoms. The van der Waals surface area contributed by atoms with E-state index in [9.17, 15) is 29.4 Å². The summed E-state index contributed by atoms with van der Waals surface area (Å²) in [6.07, 6.45) is 10.4. The number of esters is 2. The Morgan fingerprint density at radius 3 is 2.04 bits per heavy atom. The number of ketones is 2. The molecular weight excluding hydrogens is 889 g/mol. The average Bonchev–Trinajstić information content (AvgIpc) is 4.17. The number of fused-ring (bicyclic) bond motifs is 2. The number of aliphatic hydroxyl groups excluding tert-OH is 1. The number of carbonyl (C=O) groups excluding carboxylic acids is 4. The Labute approximate surface area is 397 Å². The molecule has 4 aromatic rings. The van der Waals surface area contributed by atoms with Crippen LogP contribution in [0.2, 0.25) is 0 Å². The van der Waals surface area contributed by atoms with Crippen LogP contribution in [0.15, 0.2) is 36.4 Å². The van der Waals surface area contributed by atoms with Gasteiger partial charge in [0.15, 0.2) is 46.8 Å². The zero-order valence-corrected chi connectivity index (χ0v) is 39.5. The normalized spacial score (nSPS) is 31.0. The number of piperidine rings is 2. The highest BCUT2D eigenvalue weighted by Gasteiger charge is 2.73. The summed E-state index contributed by atoms with van der Waals surface area (Å²) in [6, 6.07) is 12.3. The van der Waals surface area contributed by atoms with E-state index < -0.39 is 28.6 Å². The molecule has 6 heterocycles. The fourth-order valence-corrected chi connectivity index (χ4v) is 16.4. The van der Waals surface area contributed by atoms with Crippen molar-refractivity contribution < 1.29 is 48.3 Å². The maximum absolute atomic E-state index is 13.7. The number of thiophene rings is 2. The molecule has 2 aromatic carbocycles. The van der Waals surface area contributed by atoms with Crippen LogP contribution in [-0.2, 0) is 55.7 Å². The zero-order chi connectivity index (χ0) is 45.4. The molecule has 5 fully saturated rings. The smallest absolute Gasteiger partial charge is 0.311 e. The number of Topliss-reactive ketones (excluding diaryl/α,β-unsaturated/α-hetero) is 2. The maximum atomic E-state index is 13.7. The van der Waals surface area contributed by atoms with Gasteiger partial charge < -0.3 is 29.2 Å². The van der Waals surface area contributed by atoms with Crippen LogP contribution in [0.5, 0.6) is 23.0 Å². The Morgan fingerprint density at radius 1 is 0.761 bits per heavy atom. The number of hydrogen-bond donors (Lipinski definition) is 2. The first-order valence-electron chi connectivity index (χ1n) is 25.0. The molecule has 4 aliphatic heterocycles. The van der Waals surface area contributed by atoms with Gasteiger partial charge in [-0.2, -0.15) is 0 Å². The summed E-state index contributed by atoms with van der Waals surface area (Å²) in [7, 11) is 0. The quantitative estimate of drug-likeness (QED) is 0.0885. The Hall–Kier alpha value is -4.18. The van der Waals surface area contributed by atoms with Gasteiger partial charge in [0.1, 0.15) is 0 Å². The summed E-state index contributed by atoms with van der Waals surface area (Å²) in [4.78, 5) is 61.4. The van der Waals surface area contributed by atoms with Crippen molar-refractivity contribution >= 4 is 55.6 Å². The van der Waals surface area contributed by atoms with Crippen LogP contribution in [0.1, 0.15) is 115 Å². The number of hydrogen-bond acceptors (Lipinski definition) is 14. The summed E-state index contributed by atoms with van der Waals surface area (Å²) in [5.74, 6) is 2.51. The first kappa shape index (κ1) is 42.9. The summed E-state index contributed by atoms with van der Waals surface area (Å²) in [5, 5.41) is 22.1. The third kappa shape index (κ3) is 6.84. The second-order valence-electron chi connectivity index (χ2n) is 21.4. The minimum absolute atomic E-state index is 0.0120. The average molecular weight is 947 g/mol. The van der Waals surface area contributed by atoms with E-state index in [1.165, 1.54) is 31.2 Å². The predicted molar refractivity (Wildman–Crippen MR) is 251 cm³/mol. The van der Waals surface area contributed by atoms with Gasteiger partial charge in [-0.3, -0.25) is 29.0 Å². The molecule has 67 heavy (non-hydrogen) atoms. The number of benzene rings is 2. The first-order chi connectivity index (χ1) is 32.5. The molecule has 2 aromatic heterocycles. The first-order valence-corrected chi connectivity index (χ1v) is 26.6. The van der Waals surface area contributed by atoms with Crippen molar-refractivity contribution in [1.82, 2.24) is 9.80 Å². The van der Waals surface area contributed by atoms with Crippen molar-refractivity contribution in [2.75, 3.05) is 32.8 Å². The van der Waals surface area contributed by atoms with Crippen LogP contribution in [0.25, 0.3) is 9.40 Å². The molecule has 2 saturated heterocycles. The van der Waals surface area contributed by atoms with Gasteiger partial charge in [0, 0.05) is 80.3 Å². The fourth-order valence-electron chi connectivity index (χ4n) is 13.9. The van der Waals surface area contributed by atoms with Crippen molar-refractivity contribution in [3.05, 3.63) is 68.4 Å². The monoisotopic (exact) mass is 946 g/mol. The lowest BCUT2D eigenvalue weighted by atomic mass is 9.49. The van der Waals surface area contributed by atoms with Gasteiger partial charge in [-0.25, -0.2) is 0 Å². The van der Waals surface area contributed by atoms with E-state index in [1.807, 2.05) is 18.2 Å². The maximum Gasteiger partial charge on any atom is 0.311 e. The lowest BCUT2D eigenvalue weighted by Gasteiger charge is -2.62. The minimum atomic E-state index is -1.07. The number of carbonyl (C=O) groups is 4. The second kappa shape index (κ2) is 15.9. The van der Waals surface area contributed by atoms with E-state index in [0.717, 1.165) is 87.2 Å². The van der Waals surface area contributed by atoms with E-state index in [-0.39, 0.29) is 61.8 Å². The van der Waals surface area contributed by atoms with Crippen LogP contribution < -0.4 is 18.9 Å². The van der Waals surface area contributed by atoms with Gasteiger partial charge in [-0.05, 0) is 144 Å². The summed E-state index contributed by atoms with van der Waals surface area (Å²) < 4.78 is 27.4. The summed E-state index contributed by atoms with van der Waals surface area (Å²) in [5.41, 5.74) is 1.89.